The van der Waals surface area contributed by atoms with Gasteiger partial charge in [-0.25, -0.2) is 4.79 Å². The molecule has 7 nitrogen and oxygen atoms in total. The summed E-state index contributed by atoms with van der Waals surface area (Å²) in [6.07, 6.45) is -0.520. The average Bonchev–Trinajstić information content (AvgIpc) is 2.38. The molecule has 1 heterocycles. The van der Waals surface area contributed by atoms with Crippen molar-refractivity contribution in [3.8, 4) is 12.0 Å². The van der Waals surface area contributed by atoms with Gasteiger partial charge >= 0.3 is 18.1 Å². The van der Waals surface area contributed by atoms with Crippen LogP contribution in [-0.2, 0) is 6.42 Å². The first-order valence-electron chi connectivity index (χ1n) is 5.47. The number of hydrogen-bond donors (Lipinski definition) is 1. The Hall–Kier alpha value is -2.70. The van der Waals surface area contributed by atoms with Crippen molar-refractivity contribution >= 4 is 6.09 Å². The van der Waals surface area contributed by atoms with E-state index in [9.17, 15) is 4.79 Å². The molecule has 19 heavy (non-hydrogen) atoms. The third-order valence-electron chi connectivity index (χ3n) is 2.22. The summed E-state index contributed by atoms with van der Waals surface area (Å²) < 4.78 is 9.55. The molecule has 0 radical (unpaired) electrons. The Morgan fingerprint density at radius 1 is 1.16 bits per heavy atom. The summed E-state index contributed by atoms with van der Waals surface area (Å²) >= 11 is 0. The fraction of sp³-hybridized carbons (Fsp3) is 0.167. The van der Waals surface area contributed by atoms with Crippen LogP contribution in [0.25, 0.3) is 0 Å². The van der Waals surface area contributed by atoms with E-state index in [1.807, 2.05) is 30.3 Å². The molecule has 1 amide bonds. The van der Waals surface area contributed by atoms with Gasteiger partial charge in [0, 0.05) is 6.42 Å². The minimum Gasteiger partial charge on any atom is -0.467 e. The molecule has 2 aromatic rings. The minimum atomic E-state index is -0.987. The van der Waals surface area contributed by atoms with Crippen LogP contribution < -0.4 is 15.2 Å². The van der Waals surface area contributed by atoms with E-state index in [0.29, 0.717) is 12.2 Å². The highest BCUT2D eigenvalue weighted by atomic mass is 16.6. The molecule has 98 valence electrons. The quantitative estimate of drug-likeness (QED) is 0.877. The highest BCUT2D eigenvalue weighted by Gasteiger charge is 2.10. The summed E-state index contributed by atoms with van der Waals surface area (Å²) in [5, 5.41) is 0. The molecule has 0 spiro atoms. The molecule has 1 aromatic heterocycles. The highest BCUT2D eigenvalue weighted by molar-refractivity contribution is 5.66. The summed E-state index contributed by atoms with van der Waals surface area (Å²) in [6.45, 7) is 0. The molecule has 0 bridgehead atoms. The van der Waals surface area contributed by atoms with Gasteiger partial charge in [-0.3, -0.25) is 0 Å². The third-order valence-corrected chi connectivity index (χ3v) is 2.22. The molecular formula is C12H12N4O3. The van der Waals surface area contributed by atoms with Crippen LogP contribution in [-0.4, -0.2) is 28.2 Å². The second-order valence-electron chi connectivity index (χ2n) is 3.60. The van der Waals surface area contributed by atoms with Crippen LogP contribution in [0.3, 0.4) is 0 Å². The summed E-state index contributed by atoms with van der Waals surface area (Å²) in [6, 6.07) is 9.50. The molecule has 0 aliphatic heterocycles. The molecule has 0 atom stereocenters. The van der Waals surface area contributed by atoms with Crippen LogP contribution in [0.2, 0.25) is 0 Å². The number of methoxy groups -OCH3 is 1. The van der Waals surface area contributed by atoms with Gasteiger partial charge in [-0.05, 0) is 5.56 Å². The Kier molecular flexibility index (Phi) is 3.87. The van der Waals surface area contributed by atoms with Crippen molar-refractivity contribution in [1.29, 1.82) is 0 Å². The fourth-order valence-corrected chi connectivity index (χ4v) is 1.46. The number of primary amides is 1. The molecule has 0 aliphatic rings. The van der Waals surface area contributed by atoms with Crippen molar-refractivity contribution < 1.29 is 14.3 Å². The number of nitrogens with two attached hydrogens (primary N) is 1. The van der Waals surface area contributed by atoms with Gasteiger partial charge in [0.1, 0.15) is 5.82 Å². The van der Waals surface area contributed by atoms with E-state index < -0.39 is 6.09 Å². The molecule has 7 heteroatoms. The SMILES string of the molecule is COc1nc(Cc2ccccc2)nc(OC(N)=O)n1. The van der Waals surface area contributed by atoms with E-state index in [1.54, 1.807) is 0 Å². The Morgan fingerprint density at radius 3 is 2.47 bits per heavy atom. The number of amides is 1. The Morgan fingerprint density at radius 2 is 1.84 bits per heavy atom. The molecule has 2 N–H and O–H groups in total. The molecule has 1 aromatic carbocycles. The molecule has 0 fully saturated rings. The van der Waals surface area contributed by atoms with Gasteiger partial charge in [0.2, 0.25) is 0 Å². The zero-order chi connectivity index (χ0) is 13.7. The molecule has 0 unspecified atom stereocenters. The first kappa shape index (κ1) is 12.7. The van der Waals surface area contributed by atoms with Crippen molar-refractivity contribution in [2.45, 2.75) is 6.42 Å². The largest absolute Gasteiger partial charge is 0.467 e. The molecular weight excluding hydrogens is 248 g/mol. The summed E-state index contributed by atoms with van der Waals surface area (Å²) in [5.41, 5.74) is 5.93. The number of carbonyl (C=O) groups is 1. The molecule has 0 aliphatic carbocycles. The first-order chi connectivity index (χ1) is 9.17. The number of aromatic nitrogens is 3. The smallest absolute Gasteiger partial charge is 0.412 e. The summed E-state index contributed by atoms with van der Waals surface area (Å²) in [4.78, 5) is 22.5. The predicted molar refractivity (Wildman–Crippen MR) is 65.8 cm³/mol. The van der Waals surface area contributed by atoms with E-state index in [0.717, 1.165) is 5.56 Å². The van der Waals surface area contributed by atoms with Crippen LogP contribution in [0.5, 0.6) is 12.0 Å². The number of carbonyl (C=O) groups excluding carboxylic acids is 1. The van der Waals surface area contributed by atoms with Crippen molar-refractivity contribution in [3.63, 3.8) is 0 Å². The highest BCUT2D eigenvalue weighted by Crippen LogP contribution is 2.12. The molecule has 2 rings (SSSR count). The number of ether oxygens (including phenoxy) is 2. The summed E-state index contributed by atoms with van der Waals surface area (Å²) in [7, 11) is 1.41. The lowest BCUT2D eigenvalue weighted by atomic mass is 10.1. The standard InChI is InChI=1S/C12H12N4O3/c1-18-11-14-9(7-8-5-3-2-4-6-8)15-12(16-11)19-10(13)17/h2-6H,7H2,1H3,(H2,13,17). The molecule has 0 saturated heterocycles. The van der Waals surface area contributed by atoms with Gasteiger partial charge in [-0.15, -0.1) is 4.98 Å². The van der Waals surface area contributed by atoms with Crippen molar-refractivity contribution in [3.05, 3.63) is 41.7 Å². The van der Waals surface area contributed by atoms with Gasteiger partial charge in [-0.1, -0.05) is 30.3 Å². The maximum Gasteiger partial charge on any atom is 0.412 e. The average molecular weight is 260 g/mol. The zero-order valence-electron chi connectivity index (χ0n) is 10.2. The minimum absolute atomic E-state index is 0.0668. The fourth-order valence-electron chi connectivity index (χ4n) is 1.46. The van der Waals surface area contributed by atoms with Crippen LogP contribution in [0, 0.1) is 0 Å². The maximum atomic E-state index is 10.7. The Bertz CT molecular complexity index is 574. The van der Waals surface area contributed by atoms with E-state index in [-0.39, 0.29) is 12.0 Å². The normalized spacial score (nSPS) is 9.95. The van der Waals surface area contributed by atoms with E-state index in [1.165, 1.54) is 7.11 Å². The van der Waals surface area contributed by atoms with Crippen LogP contribution in [0.15, 0.2) is 30.3 Å². The predicted octanol–water partition coefficient (Wildman–Crippen LogP) is 0.928. The second-order valence-corrected chi connectivity index (χ2v) is 3.60. The van der Waals surface area contributed by atoms with Crippen molar-refractivity contribution in [2.24, 2.45) is 5.73 Å². The van der Waals surface area contributed by atoms with Crippen LogP contribution in [0.1, 0.15) is 11.4 Å². The number of benzene rings is 1. The Balaban J connectivity index is 2.26. The number of hydrogen-bond acceptors (Lipinski definition) is 6. The second kappa shape index (κ2) is 5.76. The van der Waals surface area contributed by atoms with Gasteiger partial charge in [-0.2, -0.15) is 9.97 Å². The van der Waals surface area contributed by atoms with Gasteiger partial charge in [0.15, 0.2) is 0 Å². The third kappa shape index (κ3) is 3.63. The van der Waals surface area contributed by atoms with Crippen molar-refractivity contribution in [2.75, 3.05) is 7.11 Å². The zero-order valence-corrected chi connectivity index (χ0v) is 10.2. The van der Waals surface area contributed by atoms with E-state index >= 15 is 0 Å². The van der Waals surface area contributed by atoms with E-state index in [2.05, 4.69) is 19.7 Å². The monoisotopic (exact) mass is 260 g/mol. The lowest BCUT2D eigenvalue weighted by Crippen LogP contribution is -2.18. The lowest BCUT2D eigenvalue weighted by molar-refractivity contribution is 0.205. The summed E-state index contributed by atoms with van der Waals surface area (Å²) in [5.74, 6) is 0.425. The van der Waals surface area contributed by atoms with Crippen molar-refractivity contribution in [1.82, 2.24) is 15.0 Å². The first-order valence-corrected chi connectivity index (χ1v) is 5.47. The lowest BCUT2D eigenvalue weighted by Gasteiger charge is -2.05. The number of nitrogens with zero attached hydrogens (tertiary/aromatic N) is 3. The van der Waals surface area contributed by atoms with Gasteiger partial charge < -0.3 is 15.2 Å². The van der Waals surface area contributed by atoms with Crippen LogP contribution >= 0.6 is 0 Å². The van der Waals surface area contributed by atoms with Gasteiger partial charge in [0.05, 0.1) is 7.11 Å². The maximum absolute atomic E-state index is 10.7. The Labute approximate surface area is 109 Å². The number of rotatable bonds is 4. The molecule has 0 saturated carbocycles. The topological polar surface area (TPSA) is 100 Å². The van der Waals surface area contributed by atoms with E-state index in [4.69, 9.17) is 10.5 Å². The van der Waals surface area contributed by atoms with Gasteiger partial charge in [0.25, 0.3) is 0 Å². The van der Waals surface area contributed by atoms with Crippen LogP contribution in [0.4, 0.5) is 4.79 Å².